The molecule has 14 heavy (non-hydrogen) atoms. The number of hydrogen-bond acceptors (Lipinski definition) is 1. The molecule has 0 unspecified atom stereocenters. The van der Waals surface area contributed by atoms with Gasteiger partial charge in [-0.25, -0.2) is 0 Å². The van der Waals surface area contributed by atoms with Crippen molar-refractivity contribution in [1.82, 2.24) is 0 Å². The molecule has 70 valence electrons. The largest absolute Gasteiger partial charge is 0.619 e. The van der Waals surface area contributed by atoms with E-state index in [0.717, 1.165) is 21.4 Å². The Morgan fingerprint density at radius 3 is 2.36 bits per heavy atom. The molecule has 0 radical (unpaired) electrons. The van der Waals surface area contributed by atoms with Crippen LogP contribution in [0.25, 0.3) is 11.1 Å². The van der Waals surface area contributed by atoms with Crippen LogP contribution in [-0.4, -0.2) is 0 Å². The average Bonchev–Trinajstić information content (AvgIpc) is 2.18. The first-order valence-electron chi connectivity index (χ1n) is 4.51. The van der Waals surface area contributed by atoms with Crippen molar-refractivity contribution in [1.29, 1.82) is 0 Å². The number of aromatic nitrogens is 1. The molecule has 1 aromatic heterocycles. The summed E-state index contributed by atoms with van der Waals surface area (Å²) in [6.07, 6.45) is 3.15. The Labute approximate surface area is 83.0 Å². The van der Waals surface area contributed by atoms with E-state index in [1.165, 1.54) is 0 Å². The van der Waals surface area contributed by atoms with Crippen LogP contribution in [-0.2, 0) is 0 Å². The van der Waals surface area contributed by atoms with E-state index >= 15 is 0 Å². The lowest BCUT2D eigenvalue weighted by molar-refractivity contribution is -0.605. The Bertz CT molecular complexity index is 417. The summed E-state index contributed by atoms with van der Waals surface area (Å²) < 4.78 is 0.845. The minimum atomic E-state index is 0.845. The van der Waals surface area contributed by atoms with Gasteiger partial charge >= 0.3 is 0 Å². The van der Waals surface area contributed by atoms with Crippen molar-refractivity contribution in [3.63, 3.8) is 0 Å². The molecule has 0 aliphatic rings. The van der Waals surface area contributed by atoms with E-state index in [2.05, 4.69) is 0 Å². The normalized spacial score (nSPS) is 10.1. The molecular weight excluding hydrogens is 174 g/mol. The van der Waals surface area contributed by atoms with Gasteiger partial charge in [0.1, 0.15) is 0 Å². The summed E-state index contributed by atoms with van der Waals surface area (Å²) >= 11 is 0. The van der Waals surface area contributed by atoms with Gasteiger partial charge in [0.25, 0.3) is 0 Å². The van der Waals surface area contributed by atoms with Crippen LogP contribution in [0.2, 0.25) is 0 Å². The number of rotatable bonds is 1. The van der Waals surface area contributed by atoms with Crippen LogP contribution < -0.4 is 4.73 Å². The second-order valence-corrected chi connectivity index (χ2v) is 3.33. The lowest BCUT2D eigenvalue weighted by atomic mass is 10.1. The minimum absolute atomic E-state index is 0.845. The standard InChI is InChI=1S/C12H11NO/c1-10-7-12(9-13(14)8-10)11-5-3-2-4-6-11/h2-9H,1H3. The maximum atomic E-state index is 11.2. The van der Waals surface area contributed by atoms with E-state index in [1.807, 2.05) is 43.3 Å². The number of aryl methyl sites for hydroxylation is 1. The van der Waals surface area contributed by atoms with Gasteiger partial charge in [-0.1, -0.05) is 30.3 Å². The van der Waals surface area contributed by atoms with E-state index < -0.39 is 0 Å². The number of benzene rings is 1. The molecule has 0 aliphatic carbocycles. The third-order valence-corrected chi connectivity index (χ3v) is 2.09. The fourth-order valence-electron chi connectivity index (χ4n) is 1.48. The van der Waals surface area contributed by atoms with Crippen LogP contribution in [0.1, 0.15) is 5.56 Å². The van der Waals surface area contributed by atoms with Crippen molar-refractivity contribution < 1.29 is 4.73 Å². The van der Waals surface area contributed by atoms with Crippen molar-refractivity contribution >= 4 is 0 Å². The van der Waals surface area contributed by atoms with E-state index in [0.29, 0.717) is 0 Å². The SMILES string of the molecule is Cc1cc(-c2ccccc2)c[n+]([O-])c1. The maximum Gasteiger partial charge on any atom is 0.188 e. The second-order valence-electron chi connectivity index (χ2n) is 3.33. The Kier molecular flexibility index (Phi) is 2.19. The maximum absolute atomic E-state index is 11.2. The fourth-order valence-corrected chi connectivity index (χ4v) is 1.48. The zero-order chi connectivity index (χ0) is 9.97. The van der Waals surface area contributed by atoms with Gasteiger partial charge in [-0.3, -0.25) is 0 Å². The van der Waals surface area contributed by atoms with E-state index in [4.69, 9.17) is 0 Å². The summed E-state index contributed by atoms with van der Waals surface area (Å²) in [5.41, 5.74) is 3.00. The van der Waals surface area contributed by atoms with Crippen LogP contribution in [0.3, 0.4) is 0 Å². The first-order valence-corrected chi connectivity index (χ1v) is 4.51. The van der Waals surface area contributed by atoms with Crippen molar-refractivity contribution in [3.05, 3.63) is 59.6 Å². The first kappa shape index (κ1) is 8.75. The van der Waals surface area contributed by atoms with Gasteiger partial charge in [-0.05, 0) is 18.6 Å². The van der Waals surface area contributed by atoms with Gasteiger partial charge in [0.05, 0.1) is 0 Å². The van der Waals surface area contributed by atoms with Crippen molar-refractivity contribution in [2.75, 3.05) is 0 Å². The molecule has 2 aromatic rings. The summed E-state index contributed by atoms with van der Waals surface area (Å²) in [4.78, 5) is 0. The van der Waals surface area contributed by atoms with E-state index in [1.54, 1.807) is 12.4 Å². The topological polar surface area (TPSA) is 26.9 Å². The van der Waals surface area contributed by atoms with Gasteiger partial charge < -0.3 is 5.21 Å². The third kappa shape index (κ3) is 1.74. The van der Waals surface area contributed by atoms with Crippen molar-refractivity contribution in [3.8, 4) is 11.1 Å². The lowest BCUT2D eigenvalue weighted by Gasteiger charge is -2.02. The minimum Gasteiger partial charge on any atom is -0.619 e. The molecule has 1 aromatic carbocycles. The number of nitrogens with zero attached hydrogens (tertiary/aromatic N) is 1. The summed E-state index contributed by atoms with van der Waals surface area (Å²) in [6.45, 7) is 1.92. The van der Waals surface area contributed by atoms with Crippen LogP contribution in [0.5, 0.6) is 0 Å². The third-order valence-electron chi connectivity index (χ3n) is 2.09. The van der Waals surface area contributed by atoms with E-state index in [-0.39, 0.29) is 0 Å². The summed E-state index contributed by atoms with van der Waals surface area (Å²) in [5.74, 6) is 0. The monoisotopic (exact) mass is 185 g/mol. The molecule has 0 fully saturated rings. The Hall–Kier alpha value is -1.83. The highest BCUT2D eigenvalue weighted by atomic mass is 16.5. The molecule has 2 nitrogen and oxygen atoms in total. The molecule has 0 spiro atoms. The van der Waals surface area contributed by atoms with Gasteiger partial charge in [0.15, 0.2) is 12.4 Å². The summed E-state index contributed by atoms with van der Waals surface area (Å²) in [5, 5.41) is 11.2. The predicted molar refractivity (Wildman–Crippen MR) is 55.6 cm³/mol. The smallest absolute Gasteiger partial charge is 0.188 e. The number of hydrogen-bond donors (Lipinski definition) is 0. The Morgan fingerprint density at radius 1 is 1.00 bits per heavy atom. The quantitative estimate of drug-likeness (QED) is 0.494. The van der Waals surface area contributed by atoms with Crippen molar-refractivity contribution in [2.45, 2.75) is 6.92 Å². The van der Waals surface area contributed by atoms with Crippen LogP contribution >= 0.6 is 0 Å². The average molecular weight is 185 g/mol. The van der Waals surface area contributed by atoms with Crippen LogP contribution in [0.4, 0.5) is 0 Å². The van der Waals surface area contributed by atoms with E-state index in [9.17, 15) is 5.21 Å². The lowest BCUT2D eigenvalue weighted by Crippen LogP contribution is -2.25. The highest BCUT2D eigenvalue weighted by Gasteiger charge is 2.01. The first-order chi connectivity index (χ1) is 6.75. The molecule has 0 saturated carbocycles. The molecular formula is C12H11NO. The fraction of sp³-hybridized carbons (Fsp3) is 0.0833. The Morgan fingerprint density at radius 2 is 1.71 bits per heavy atom. The van der Waals surface area contributed by atoms with Gasteiger partial charge in [0.2, 0.25) is 0 Å². The summed E-state index contributed by atoms with van der Waals surface area (Å²) in [7, 11) is 0. The molecule has 0 bridgehead atoms. The molecule has 0 aliphatic heterocycles. The second kappa shape index (κ2) is 3.50. The molecule has 0 N–H and O–H groups in total. The number of pyridine rings is 1. The molecule has 0 saturated heterocycles. The Balaban J connectivity index is 2.52. The molecule has 2 rings (SSSR count). The van der Waals surface area contributed by atoms with Crippen molar-refractivity contribution in [2.24, 2.45) is 0 Å². The van der Waals surface area contributed by atoms with Crippen LogP contribution in [0.15, 0.2) is 48.8 Å². The molecule has 0 atom stereocenters. The van der Waals surface area contributed by atoms with Gasteiger partial charge in [0, 0.05) is 11.1 Å². The molecule has 2 heteroatoms. The molecule has 1 heterocycles. The molecule has 0 amide bonds. The predicted octanol–water partition coefficient (Wildman–Crippen LogP) is 2.30. The van der Waals surface area contributed by atoms with Crippen LogP contribution in [0, 0.1) is 12.1 Å². The zero-order valence-electron chi connectivity index (χ0n) is 7.97. The highest BCUT2D eigenvalue weighted by Crippen LogP contribution is 2.17. The van der Waals surface area contributed by atoms with Gasteiger partial charge in [-0.15, -0.1) is 0 Å². The van der Waals surface area contributed by atoms with Gasteiger partial charge in [-0.2, -0.15) is 4.73 Å². The zero-order valence-corrected chi connectivity index (χ0v) is 7.97. The summed E-state index contributed by atoms with van der Waals surface area (Å²) in [6, 6.07) is 11.9. The highest BCUT2D eigenvalue weighted by molar-refractivity contribution is 5.61.